The molecule has 0 aliphatic heterocycles. The van der Waals surface area contributed by atoms with E-state index in [1.807, 2.05) is 18.2 Å². The van der Waals surface area contributed by atoms with E-state index in [1.165, 1.54) is 29.8 Å². The minimum Gasteiger partial charge on any atom is -0.494 e. The monoisotopic (exact) mass is 302 g/mol. The van der Waals surface area contributed by atoms with Gasteiger partial charge in [-0.3, -0.25) is 0 Å². The summed E-state index contributed by atoms with van der Waals surface area (Å²) < 4.78 is 5.69. The molecule has 0 radical (unpaired) electrons. The molecule has 3 nitrogen and oxygen atoms in total. The topological polar surface area (TPSA) is 48.1 Å². The van der Waals surface area contributed by atoms with Crippen LogP contribution in [0.4, 0.5) is 0 Å². The van der Waals surface area contributed by atoms with E-state index in [4.69, 9.17) is 15.5 Å². The van der Waals surface area contributed by atoms with Gasteiger partial charge >= 0.3 is 0 Å². The number of nitrogens with two attached hydrogens (primary N) is 1. The normalized spacial score (nSPS) is 15.5. The summed E-state index contributed by atoms with van der Waals surface area (Å²) in [7, 11) is 0. The van der Waals surface area contributed by atoms with Crippen molar-refractivity contribution in [1.29, 1.82) is 0 Å². The number of hydrogen-bond donors (Lipinski definition) is 1. The van der Waals surface area contributed by atoms with Crippen LogP contribution in [-0.4, -0.2) is 11.6 Å². The quantitative estimate of drug-likeness (QED) is 0.912. The van der Waals surface area contributed by atoms with Gasteiger partial charge in [0.1, 0.15) is 10.8 Å². The predicted molar refractivity (Wildman–Crippen MR) is 87.0 cm³/mol. The van der Waals surface area contributed by atoms with Gasteiger partial charge < -0.3 is 10.5 Å². The van der Waals surface area contributed by atoms with Gasteiger partial charge in [-0.2, -0.15) is 0 Å². The van der Waals surface area contributed by atoms with E-state index in [9.17, 15) is 0 Å². The first-order valence-electron chi connectivity index (χ1n) is 7.74. The van der Waals surface area contributed by atoms with E-state index < -0.39 is 0 Å². The van der Waals surface area contributed by atoms with E-state index in [0.717, 1.165) is 35.8 Å². The highest BCUT2D eigenvalue weighted by Gasteiger charge is 2.20. The highest BCUT2D eigenvalue weighted by atomic mass is 32.1. The summed E-state index contributed by atoms with van der Waals surface area (Å²) in [5.74, 6) is 0.895. The van der Waals surface area contributed by atoms with Crippen LogP contribution in [0.3, 0.4) is 0 Å². The predicted octanol–water partition coefficient (Wildman–Crippen LogP) is 3.86. The summed E-state index contributed by atoms with van der Waals surface area (Å²) in [6, 6.07) is 7.95. The number of hydrogen-bond acceptors (Lipinski definition) is 4. The third-order valence-electron chi connectivity index (χ3n) is 3.82. The highest BCUT2D eigenvalue weighted by molar-refractivity contribution is 7.11. The fourth-order valence-corrected chi connectivity index (χ4v) is 3.85. The molecular formula is C17H22N2OS. The van der Waals surface area contributed by atoms with E-state index >= 15 is 0 Å². The van der Waals surface area contributed by atoms with Crippen molar-refractivity contribution in [2.45, 2.75) is 45.1 Å². The van der Waals surface area contributed by atoms with Crippen molar-refractivity contribution in [2.75, 3.05) is 6.61 Å². The molecule has 0 saturated heterocycles. The number of nitrogens with zero attached hydrogens (tertiary/aromatic N) is 1. The first-order chi connectivity index (χ1) is 10.3. The third kappa shape index (κ3) is 3.27. The van der Waals surface area contributed by atoms with Crippen LogP contribution in [-0.2, 0) is 12.8 Å². The molecule has 21 heavy (non-hydrogen) atoms. The first-order valence-corrected chi connectivity index (χ1v) is 8.56. The van der Waals surface area contributed by atoms with Crippen molar-refractivity contribution in [2.24, 2.45) is 5.73 Å². The lowest BCUT2D eigenvalue weighted by Crippen LogP contribution is -2.12. The SMILES string of the molecule is CCCOc1cccc(C(N)c2nc3c(s2)CCCC3)c1. The van der Waals surface area contributed by atoms with Gasteiger partial charge in [0, 0.05) is 4.88 Å². The Morgan fingerprint density at radius 3 is 3.00 bits per heavy atom. The van der Waals surface area contributed by atoms with Crippen molar-refractivity contribution in [1.82, 2.24) is 4.98 Å². The maximum Gasteiger partial charge on any atom is 0.119 e. The molecule has 0 spiro atoms. The van der Waals surface area contributed by atoms with Crippen LogP contribution in [0.25, 0.3) is 0 Å². The van der Waals surface area contributed by atoms with Crippen LogP contribution in [0.2, 0.25) is 0 Å². The Labute approximate surface area is 130 Å². The zero-order valence-corrected chi connectivity index (χ0v) is 13.3. The van der Waals surface area contributed by atoms with Crippen LogP contribution in [0.15, 0.2) is 24.3 Å². The molecule has 0 saturated carbocycles. The van der Waals surface area contributed by atoms with Crippen LogP contribution in [0.1, 0.15) is 53.4 Å². The molecule has 1 heterocycles. The van der Waals surface area contributed by atoms with Gasteiger partial charge in [0.15, 0.2) is 0 Å². The Balaban J connectivity index is 1.80. The van der Waals surface area contributed by atoms with Gasteiger partial charge in [-0.1, -0.05) is 19.1 Å². The molecule has 1 aromatic heterocycles. The Kier molecular flexibility index (Phi) is 4.56. The summed E-state index contributed by atoms with van der Waals surface area (Å²) >= 11 is 1.79. The average molecular weight is 302 g/mol. The van der Waals surface area contributed by atoms with E-state index in [0.29, 0.717) is 0 Å². The van der Waals surface area contributed by atoms with Crippen LogP contribution in [0.5, 0.6) is 5.75 Å². The van der Waals surface area contributed by atoms with Crippen LogP contribution >= 0.6 is 11.3 Å². The number of rotatable bonds is 5. The Morgan fingerprint density at radius 2 is 2.19 bits per heavy atom. The standard InChI is InChI=1S/C17H22N2OS/c1-2-10-20-13-7-5-6-12(11-13)16(18)17-19-14-8-3-4-9-15(14)21-17/h5-7,11,16H,2-4,8-10,18H2,1H3. The average Bonchev–Trinajstić information content (AvgIpc) is 2.96. The molecular weight excluding hydrogens is 280 g/mol. The Bertz CT molecular complexity index is 585. The molecule has 112 valence electrons. The number of benzene rings is 1. The molecule has 0 fully saturated rings. The minimum absolute atomic E-state index is 0.147. The van der Waals surface area contributed by atoms with Crippen molar-refractivity contribution in [3.8, 4) is 5.75 Å². The highest BCUT2D eigenvalue weighted by Crippen LogP contribution is 2.32. The lowest BCUT2D eigenvalue weighted by atomic mass is 10.0. The maximum absolute atomic E-state index is 6.42. The first kappa shape index (κ1) is 14.5. The zero-order chi connectivity index (χ0) is 14.7. The van der Waals surface area contributed by atoms with Crippen LogP contribution < -0.4 is 10.5 Å². The lowest BCUT2D eigenvalue weighted by Gasteiger charge is -2.11. The van der Waals surface area contributed by atoms with E-state index in [-0.39, 0.29) is 6.04 Å². The molecule has 1 aromatic carbocycles. The van der Waals surface area contributed by atoms with E-state index in [2.05, 4.69) is 13.0 Å². The maximum atomic E-state index is 6.42. The van der Waals surface area contributed by atoms with Crippen molar-refractivity contribution in [3.63, 3.8) is 0 Å². The van der Waals surface area contributed by atoms with Gasteiger partial charge in [0.25, 0.3) is 0 Å². The molecule has 0 amide bonds. The summed E-state index contributed by atoms with van der Waals surface area (Å²) in [5.41, 5.74) is 8.77. The number of fused-ring (bicyclic) bond motifs is 1. The van der Waals surface area contributed by atoms with Gasteiger partial charge in [-0.25, -0.2) is 4.98 Å². The van der Waals surface area contributed by atoms with Gasteiger partial charge in [-0.05, 0) is 49.8 Å². The Morgan fingerprint density at radius 1 is 1.33 bits per heavy atom. The summed E-state index contributed by atoms with van der Waals surface area (Å²) in [6.07, 6.45) is 5.82. The molecule has 1 aliphatic carbocycles. The number of aromatic nitrogens is 1. The molecule has 1 aliphatic rings. The number of ether oxygens (including phenoxy) is 1. The van der Waals surface area contributed by atoms with Gasteiger partial charge in [0.05, 0.1) is 18.3 Å². The molecule has 1 atom stereocenters. The molecule has 2 N–H and O–H groups in total. The second-order valence-electron chi connectivity index (χ2n) is 5.53. The summed E-state index contributed by atoms with van der Waals surface area (Å²) in [6.45, 7) is 2.85. The summed E-state index contributed by atoms with van der Waals surface area (Å²) in [5, 5.41) is 1.04. The number of thiazole rings is 1. The molecule has 1 unspecified atom stereocenters. The lowest BCUT2D eigenvalue weighted by molar-refractivity contribution is 0.317. The fourth-order valence-electron chi connectivity index (χ4n) is 2.67. The van der Waals surface area contributed by atoms with Crippen molar-refractivity contribution < 1.29 is 4.74 Å². The van der Waals surface area contributed by atoms with Crippen molar-refractivity contribution >= 4 is 11.3 Å². The Hall–Kier alpha value is -1.39. The fraction of sp³-hybridized carbons (Fsp3) is 0.471. The molecule has 2 aromatic rings. The second kappa shape index (κ2) is 6.58. The van der Waals surface area contributed by atoms with Gasteiger partial charge in [-0.15, -0.1) is 11.3 Å². The smallest absolute Gasteiger partial charge is 0.119 e. The third-order valence-corrected chi connectivity index (χ3v) is 5.06. The number of aryl methyl sites for hydroxylation is 2. The van der Waals surface area contributed by atoms with E-state index in [1.54, 1.807) is 11.3 Å². The molecule has 3 rings (SSSR count). The largest absolute Gasteiger partial charge is 0.494 e. The van der Waals surface area contributed by atoms with Gasteiger partial charge in [0.2, 0.25) is 0 Å². The van der Waals surface area contributed by atoms with Crippen molar-refractivity contribution in [3.05, 3.63) is 45.4 Å². The minimum atomic E-state index is -0.147. The zero-order valence-electron chi connectivity index (χ0n) is 12.5. The van der Waals surface area contributed by atoms with Crippen LogP contribution in [0, 0.1) is 0 Å². The summed E-state index contributed by atoms with van der Waals surface area (Å²) in [4.78, 5) is 6.21. The molecule has 0 bridgehead atoms. The second-order valence-corrected chi connectivity index (χ2v) is 6.64. The molecule has 4 heteroatoms.